The van der Waals surface area contributed by atoms with Gasteiger partial charge in [0.2, 0.25) is 0 Å². The fourth-order valence-corrected chi connectivity index (χ4v) is 5.38. The Balaban J connectivity index is 1.95. The monoisotopic (exact) mass is 391 g/mol. The fourth-order valence-electron chi connectivity index (χ4n) is 3.44. The zero-order valence-corrected chi connectivity index (χ0v) is 16.7. The molecule has 3 rings (SSSR count). The van der Waals surface area contributed by atoms with Gasteiger partial charge in [0.1, 0.15) is 22.6 Å². The van der Waals surface area contributed by atoms with Crippen LogP contribution in [-0.4, -0.2) is 46.4 Å². The SMILES string of the molecule is CCOc1ccc(CN2CCS(=O)(=O)C2c2c(OC)cccc2OC)cc1. The van der Waals surface area contributed by atoms with Gasteiger partial charge in [0.05, 0.1) is 32.1 Å². The molecule has 146 valence electrons. The van der Waals surface area contributed by atoms with Gasteiger partial charge in [0.15, 0.2) is 9.84 Å². The van der Waals surface area contributed by atoms with Crippen molar-refractivity contribution in [3.8, 4) is 17.2 Å². The average molecular weight is 391 g/mol. The Hall–Kier alpha value is -2.25. The van der Waals surface area contributed by atoms with Crippen LogP contribution in [0.5, 0.6) is 17.2 Å². The highest BCUT2D eigenvalue weighted by atomic mass is 32.2. The molecule has 0 aliphatic carbocycles. The Labute approximate surface area is 160 Å². The zero-order valence-electron chi connectivity index (χ0n) is 15.8. The Morgan fingerprint density at radius 3 is 2.22 bits per heavy atom. The molecule has 7 heteroatoms. The molecule has 1 unspecified atom stereocenters. The van der Waals surface area contributed by atoms with Gasteiger partial charge in [0, 0.05) is 13.1 Å². The number of hydrogen-bond donors (Lipinski definition) is 0. The predicted octanol–water partition coefficient (Wildman–Crippen LogP) is 3.03. The molecule has 0 N–H and O–H groups in total. The van der Waals surface area contributed by atoms with E-state index in [2.05, 4.69) is 0 Å². The van der Waals surface area contributed by atoms with E-state index in [9.17, 15) is 8.42 Å². The van der Waals surface area contributed by atoms with Crippen LogP contribution in [0.15, 0.2) is 42.5 Å². The van der Waals surface area contributed by atoms with E-state index in [1.165, 1.54) is 14.2 Å². The van der Waals surface area contributed by atoms with E-state index in [4.69, 9.17) is 14.2 Å². The van der Waals surface area contributed by atoms with Crippen LogP contribution in [0, 0.1) is 0 Å². The summed E-state index contributed by atoms with van der Waals surface area (Å²) in [5.41, 5.74) is 1.58. The maximum absolute atomic E-state index is 12.9. The van der Waals surface area contributed by atoms with E-state index in [1.54, 1.807) is 18.2 Å². The van der Waals surface area contributed by atoms with Gasteiger partial charge in [-0.1, -0.05) is 18.2 Å². The fraction of sp³-hybridized carbons (Fsp3) is 0.400. The highest BCUT2D eigenvalue weighted by Crippen LogP contribution is 2.43. The van der Waals surface area contributed by atoms with Crippen molar-refractivity contribution in [3.05, 3.63) is 53.6 Å². The maximum Gasteiger partial charge on any atom is 0.172 e. The summed E-state index contributed by atoms with van der Waals surface area (Å²) in [4.78, 5) is 1.95. The number of ether oxygens (including phenoxy) is 3. The largest absolute Gasteiger partial charge is 0.496 e. The van der Waals surface area contributed by atoms with Crippen LogP contribution >= 0.6 is 0 Å². The van der Waals surface area contributed by atoms with Crippen LogP contribution in [0.25, 0.3) is 0 Å². The Morgan fingerprint density at radius 1 is 1.04 bits per heavy atom. The summed E-state index contributed by atoms with van der Waals surface area (Å²) < 4.78 is 42.1. The van der Waals surface area contributed by atoms with Crippen LogP contribution in [0.3, 0.4) is 0 Å². The second-order valence-corrected chi connectivity index (χ2v) is 8.52. The van der Waals surface area contributed by atoms with Crippen molar-refractivity contribution < 1.29 is 22.6 Å². The van der Waals surface area contributed by atoms with E-state index < -0.39 is 15.2 Å². The van der Waals surface area contributed by atoms with Gasteiger partial charge < -0.3 is 14.2 Å². The number of nitrogens with zero attached hydrogens (tertiary/aromatic N) is 1. The Kier molecular flexibility index (Phi) is 5.92. The normalized spacial score (nSPS) is 19.0. The molecule has 1 heterocycles. The van der Waals surface area contributed by atoms with Crippen LogP contribution < -0.4 is 14.2 Å². The summed E-state index contributed by atoms with van der Waals surface area (Å²) in [6, 6.07) is 13.1. The molecule has 6 nitrogen and oxygen atoms in total. The van der Waals surface area contributed by atoms with Crippen LogP contribution in [0.1, 0.15) is 23.4 Å². The third-order valence-corrected chi connectivity index (χ3v) is 6.63. The van der Waals surface area contributed by atoms with E-state index in [-0.39, 0.29) is 5.75 Å². The van der Waals surface area contributed by atoms with E-state index in [1.807, 2.05) is 36.1 Å². The van der Waals surface area contributed by atoms with Gasteiger partial charge >= 0.3 is 0 Å². The molecule has 27 heavy (non-hydrogen) atoms. The van der Waals surface area contributed by atoms with Gasteiger partial charge in [-0.3, -0.25) is 4.90 Å². The number of rotatable bonds is 7. The number of benzene rings is 2. The van der Waals surface area contributed by atoms with Crippen molar-refractivity contribution in [3.63, 3.8) is 0 Å². The highest BCUT2D eigenvalue weighted by molar-refractivity contribution is 7.91. The molecule has 0 saturated carbocycles. The van der Waals surface area contributed by atoms with Crippen molar-refractivity contribution in [1.82, 2.24) is 4.90 Å². The highest BCUT2D eigenvalue weighted by Gasteiger charge is 2.42. The summed E-state index contributed by atoms with van der Waals surface area (Å²) in [7, 11) is -0.273. The Bertz CT molecular complexity index is 857. The molecule has 0 bridgehead atoms. The minimum Gasteiger partial charge on any atom is -0.496 e. The first-order chi connectivity index (χ1) is 13.0. The van der Waals surface area contributed by atoms with E-state index in [0.29, 0.717) is 36.8 Å². The predicted molar refractivity (Wildman–Crippen MR) is 104 cm³/mol. The minimum absolute atomic E-state index is 0.107. The summed E-state index contributed by atoms with van der Waals surface area (Å²) in [5, 5.41) is -0.796. The lowest BCUT2D eigenvalue weighted by Crippen LogP contribution is -2.26. The first-order valence-corrected chi connectivity index (χ1v) is 10.6. The third-order valence-electron chi connectivity index (χ3n) is 4.67. The van der Waals surface area contributed by atoms with Crippen molar-refractivity contribution in [2.45, 2.75) is 18.8 Å². The number of sulfone groups is 1. The quantitative estimate of drug-likeness (QED) is 0.723. The first kappa shape index (κ1) is 19.5. The molecule has 0 amide bonds. The van der Waals surface area contributed by atoms with Gasteiger partial charge in [0.25, 0.3) is 0 Å². The molecular formula is C20H25NO5S. The third kappa shape index (κ3) is 4.04. The molecular weight excluding hydrogens is 366 g/mol. The molecule has 1 saturated heterocycles. The van der Waals surface area contributed by atoms with Gasteiger partial charge in [-0.2, -0.15) is 0 Å². The molecule has 2 aromatic rings. The van der Waals surface area contributed by atoms with Crippen LogP contribution in [0.4, 0.5) is 0 Å². The number of methoxy groups -OCH3 is 2. The van der Waals surface area contributed by atoms with Gasteiger partial charge in [-0.25, -0.2) is 8.42 Å². The second-order valence-electron chi connectivity index (χ2n) is 6.34. The Morgan fingerprint density at radius 2 is 1.67 bits per heavy atom. The van der Waals surface area contributed by atoms with Gasteiger partial charge in [-0.15, -0.1) is 0 Å². The van der Waals surface area contributed by atoms with Crippen molar-refractivity contribution in [2.75, 3.05) is 33.1 Å². The minimum atomic E-state index is -3.35. The standard InChI is InChI=1S/C20H25NO5S/c1-4-26-16-10-8-15(9-11-16)14-21-12-13-27(22,23)20(21)19-17(24-2)6-5-7-18(19)25-3/h5-11,20H,4,12-14H2,1-3H3. The summed E-state index contributed by atoms with van der Waals surface area (Å²) in [6.45, 7) is 3.52. The van der Waals surface area contributed by atoms with E-state index in [0.717, 1.165) is 11.3 Å². The lowest BCUT2D eigenvalue weighted by Gasteiger charge is -2.26. The van der Waals surface area contributed by atoms with Crippen molar-refractivity contribution in [2.24, 2.45) is 0 Å². The second kappa shape index (κ2) is 8.19. The molecule has 1 fully saturated rings. The summed E-state index contributed by atoms with van der Waals surface area (Å²) in [6.07, 6.45) is 0. The number of hydrogen-bond acceptors (Lipinski definition) is 6. The summed E-state index contributed by atoms with van der Waals surface area (Å²) in [5.74, 6) is 1.94. The van der Waals surface area contributed by atoms with Crippen molar-refractivity contribution in [1.29, 1.82) is 0 Å². The van der Waals surface area contributed by atoms with E-state index >= 15 is 0 Å². The van der Waals surface area contributed by atoms with Gasteiger partial charge in [-0.05, 0) is 36.8 Å². The molecule has 1 atom stereocenters. The average Bonchev–Trinajstić information content (AvgIpc) is 2.96. The topological polar surface area (TPSA) is 65.1 Å². The molecule has 1 aliphatic rings. The summed E-state index contributed by atoms with van der Waals surface area (Å²) >= 11 is 0. The van der Waals surface area contributed by atoms with Crippen LogP contribution in [-0.2, 0) is 16.4 Å². The lowest BCUT2D eigenvalue weighted by atomic mass is 10.1. The smallest absolute Gasteiger partial charge is 0.172 e. The lowest BCUT2D eigenvalue weighted by molar-refractivity contribution is 0.265. The molecule has 1 aliphatic heterocycles. The maximum atomic E-state index is 12.9. The van der Waals surface area contributed by atoms with Crippen molar-refractivity contribution >= 4 is 9.84 Å². The first-order valence-electron chi connectivity index (χ1n) is 8.88. The molecule has 0 aromatic heterocycles. The molecule has 0 spiro atoms. The molecule has 0 radical (unpaired) electrons. The zero-order chi connectivity index (χ0) is 19.4. The van der Waals surface area contributed by atoms with Crippen LogP contribution in [0.2, 0.25) is 0 Å². The molecule has 2 aromatic carbocycles.